The molecule has 0 aliphatic carbocycles. The third-order valence-corrected chi connectivity index (χ3v) is 4.91. The largest absolute Gasteiger partial charge is 0.393 e. The molecule has 24 heavy (non-hydrogen) atoms. The first-order valence-electron chi connectivity index (χ1n) is 10.9. The molecule has 0 rings (SSSR count). The lowest BCUT2D eigenvalue weighted by atomic mass is 10.0. The van der Waals surface area contributed by atoms with Crippen molar-refractivity contribution in [1.29, 1.82) is 0 Å². The van der Waals surface area contributed by atoms with E-state index in [2.05, 4.69) is 13.8 Å². The Balaban J connectivity index is 3.20. The number of unbranched alkanes of at least 4 members (excludes halogenated alkanes) is 13. The molecule has 2 heteroatoms. The molecule has 0 aliphatic rings. The number of Topliss-reactive ketones (excluding diaryl/α,β-unsaturated/α-hetero) is 1. The van der Waals surface area contributed by atoms with Crippen LogP contribution in [0, 0.1) is 0 Å². The van der Waals surface area contributed by atoms with Gasteiger partial charge in [0.2, 0.25) is 0 Å². The molecule has 0 amide bonds. The van der Waals surface area contributed by atoms with Crippen molar-refractivity contribution in [3.05, 3.63) is 0 Å². The number of hydrogen-bond acceptors (Lipinski definition) is 2. The Morgan fingerprint density at radius 2 is 1.08 bits per heavy atom. The minimum atomic E-state index is -0.403. The Kier molecular flexibility index (Phi) is 18.7. The average molecular weight is 341 g/mol. The molecular formula is C22H44O2. The van der Waals surface area contributed by atoms with Gasteiger partial charge in [-0.25, -0.2) is 0 Å². The minimum absolute atomic E-state index is 0.252. The summed E-state index contributed by atoms with van der Waals surface area (Å²) < 4.78 is 0. The van der Waals surface area contributed by atoms with E-state index in [0.717, 1.165) is 25.7 Å². The van der Waals surface area contributed by atoms with Crippen LogP contribution >= 0.6 is 0 Å². The van der Waals surface area contributed by atoms with Gasteiger partial charge in [-0.15, -0.1) is 0 Å². The van der Waals surface area contributed by atoms with Crippen molar-refractivity contribution in [3.63, 3.8) is 0 Å². The first-order valence-corrected chi connectivity index (χ1v) is 10.9. The third kappa shape index (κ3) is 18.0. The summed E-state index contributed by atoms with van der Waals surface area (Å²) in [5.41, 5.74) is 0. The molecule has 0 aliphatic heterocycles. The molecule has 0 saturated heterocycles. The van der Waals surface area contributed by atoms with Gasteiger partial charge in [-0.05, 0) is 12.8 Å². The van der Waals surface area contributed by atoms with Crippen molar-refractivity contribution >= 4 is 5.78 Å². The molecule has 0 fully saturated rings. The van der Waals surface area contributed by atoms with E-state index < -0.39 is 6.10 Å². The molecular weight excluding hydrogens is 296 g/mol. The van der Waals surface area contributed by atoms with Gasteiger partial charge >= 0.3 is 0 Å². The fourth-order valence-corrected chi connectivity index (χ4v) is 3.25. The van der Waals surface area contributed by atoms with Crippen molar-refractivity contribution in [2.45, 2.75) is 136 Å². The molecule has 0 aromatic heterocycles. The van der Waals surface area contributed by atoms with Crippen LogP contribution in [0.15, 0.2) is 0 Å². The average Bonchev–Trinajstić information content (AvgIpc) is 2.57. The van der Waals surface area contributed by atoms with Crippen LogP contribution in [-0.2, 0) is 4.79 Å². The zero-order chi connectivity index (χ0) is 17.9. The van der Waals surface area contributed by atoms with Crippen LogP contribution in [0.4, 0.5) is 0 Å². The second kappa shape index (κ2) is 19.0. The summed E-state index contributed by atoms with van der Waals surface area (Å²) in [5.74, 6) is 0.252. The maximum absolute atomic E-state index is 11.8. The van der Waals surface area contributed by atoms with Gasteiger partial charge in [-0.2, -0.15) is 0 Å². The maximum Gasteiger partial charge on any atom is 0.135 e. The van der Waals surface area contributed by atoms with Crippen LogP contribution < -0.4 is 0 Å². The van der Waals surface area contributed by atoms with E-state index in [1.54, 1.807) is 0 Å². The molecule has 1 N–H and O–H groups in total. The summed E-state index contributed by atoms with van der Waals surface area (Å²) in [6.45, 7) is 4.38. The quantitative estimate of drug-likeness (QED) is 0.258. The number of carbonyl (C=O) groups excluding carboxylic acids is 1. The lowest BCUT2D eigenvalue weighted by Crippen LogP contribution is -2.13. The Morgan fingerprint density at radius 1 is 0.667 bits per heavy atom. The van der Waals surface area contributed by atoms with Gasteiger partial charge in [0, 0.05) is 12.8 Å². The van der Waals surface area contributed by atoms with Crippen LogP contribution in [0.3, 0.4) is 0 Å². The number of rotatable bonds is 19. The van der Waals surface area contributed by atoms with Crippen molar-refractivity contribution in [3.8, 4) is 0 Å². The summed E-state index contributed by atoms with van der Waals surface area (Å²) >= 11 is 0. The van der Waals surface area contributed by atoms with E-state index >= 15 is 0 Å². The number of carbonyl (C=O) groups is 1. The van der Waals surface area contributed by atoms with E-state index in [1.807, 2.05) is 0 Å². The number of hydrogen-bond donors (Lipinski definition) is 1. The van der Waals surface area contributed by atoms with Gasteiger partial charge in [-0.3, -0.25) is 4.79 Å². The van der Waals surface area contributed by atoms with E-state index in [0.29, 0.717) is 12.8 Å². The SMILES string of the molecule is CCCCCCCCCCCCCCCC(=O)CC(O)CCCC. The zero-order valence-corrected chi connectivity index (χ0v) is 16.7. The molecule has 1 atom stereocenters. The monoisotopic (exact) mass is 340 g/mol. The highest BCUT2D eigenvalue weighted by Gasteiger charge is 2.09. The first kappa shape index (κ1) is 23.6. The molecule has 144 valence electrons. The van der Waals surface area contributed by atoms with Gasteiger partial charge in [0.1, 0.15) is 5.78 Å². The van der Waals surface area contributed by atoms with Gasteiger partial charge in [0.25, 0.3) is 0 Å². The smallest absolute Gasteiger partial charge is 0.135 e. The van der Waals surface area contributed by atoms with E-state index in [4.69, 9.17) is 0 Å². The fraction of sp³-hybridized carbons (Fsp3) is 0.955. The standard InChI is InChI=1S/C22H44O2/c1-3-5-7-8-9-10-11-12-13-14-15-16-17-19-22(24)20-21(23)18-6-4-2/h21,23H,3-20H2,1-2H3. The van der Waals surface area contributed by atoms with E-state index in [9.17, 15) is 9.90 Å². The number of aliphatic hydroxyl groups is 1. The third-order valence-electron chi connectivity index (χ3n) is 4.91. The molecule has 0 aromatic carbocycles. The summed E-state index contributed by atoms with van der Waals surface area (Å²) in [6.07, 6.45) is 20.9. The summed E-state index contributed by atoms with van der Waals surface area (Å²) in [6, 6.07) is 0. The topological polar surface area (TPSA) is 37.3 Å². The highest BCUT2D eigenvalue weighted by atomic mass is 16.3. The highest BCUT2D eigenvalue weighted by Crippen LogP contribution is 2.14. The molecule has 0 radical (unpaired) electrons. The van der Waals surface area contributed by atoms with Crippen molar-refractivity contribution in [2.75, 3.05) is 0 Å². The van der Waals surface area contributed by atoms with Crippen molar-refractivity contribution < 1.29 is 9.90 Å². The van der Waals surface area contributed by atoms with Gasteiger partial charge in [-0.1, -0.05) is 104 Å². The maximum atomic E-state index is 11.8. The van der Waals surface area contributed by atoms with Crippen LogP contribution in [0.5, 0.6) is 0 Å². The lowest BCUT2D eigenvalue weighted by Gasteiger charge is -2.08. The molecule has 2 nitrogen and oxygen atoms in total. The Morgan fingerprint density at radius 3 is 1.54 bits per heavy atom. The Bertz CT molecular complexity index is 263. The summed E-state index contributed by atoms with van der Waals surface area (Å²) in [5, 5.41) is 9.73. The number of aliphatic hydroxyl groups excluding tert-OH is 1. The predicted molar refractivity (Wildman–Crippen MR) is 105 cm³/mol. The first-order chi connectivity index (χ1) is 11.7. The van der Waals surface area contributed by atoms with Gasteiger partial charge in [0.05, 0.1) is 6.10 Å². The van der Waals surface area contributed by atoms with Crippen LogP contribution in [-0.4, -0.2) is 17.0 Å². The second-order valence-electron chi connectivity index (χ2n) is 7.53. The lowest BCUT2D eigenvalue weighted by molar-refractivity contribution is -0.121. The highest BCUT2D eigenvalue weighted by molar-refractivity contribution is 5.78. The van der Waals surface area contributed by atoms with E-state index in [-0.39, 0.29) is 5.78 Å². The van der Waals surface area contributed by atoms with Gasteiger partial charge < -0.3 is 5.11 Å². The van der Waals surface area contributed by atoms with Crippen LogP contribution in [0.25, 0.3) is 0 Å². The normalized spacial score (nSPS) is 12.5. The molecule has 0 saturated carbocycles. The van der Waals surface area contributed by atoms with Crippen molar-refractivity contribution in [1.82, 2.24) is 0 Å². The van der Waals surface area contributed by atoms with Crippen molar-refractivity contribution in [2.24, 2.45) is 0 Å². The number of ketones is 1. The predicted octanol–water partition coefficient (Wildman–Crippen LogP) is 6.98. The zero-order valence-electron chi connectivity index (χ0n) is 16.7. The Labute approximate surface area is 151 Å². The fourth-order valence-electron chi connectivity index (χ4n) is 3.25. The summed E-state index contributed by atoms with van der Waals surface area (Å²) in [4.78, 5) is 11.8. The molecule has 0 heterocycles. The second-order valence-corrected chi connectivity index (χ2v) is 7.53. The van der Waals surface area contributed by atoms with Crippen LogP contribution in [0.1, 0.15) is 129 Å². The Hall–Kier alpha value is -0.370. The molecule has 0 spiro atoms. The van der Waals surface area contributed by atoms with Crippen LogP contribution in [0.2, 0.25) is 0 Å². The van der Waals surface area contributed by atoms with E-state index in [1.165, 1.54) is 77.0 Å². The summed E-state index contributed by atoms with van der Waals surface area (Å²) in [7, 11) is 0. The molecule has 0 bridgehead atoms. The molecule has 1 unspecified atom stereocenters. The van der Waals surface area contributed by atoms with Gasteiger partial charge in [0.15, 0.2) is 0 Å². The minimum Gasteiger partial charge on any atom is -0.393 e. The molecule has 0 aromatic rings.